The number of nitrogens with zero attached hydrogens (tertiary/aromatic N) is 4. The second-order valence-corrected chi connectivity index (χ2v) is 7.51. The molecule has 28 heavy (non-hydrogen) atoms. The predicted molar refractivity (Wildman–Crippen MR) is 117 cm³/mol. The summed E-state index contributed by atoms with van der Waals surface area (Å²) in [5, 5.41) is 3.61. The van der Waals surface area contributed by atoms with Gasteiger partial charge in [0, 0.05) is 30.2 Å². The van der Waals surface area contributed by atoms with Crippen molar-refractivity contribution in [3.05, 3.63) is 65.3 Å². The van der Waals surface area contributed by atoms with Crippen LogP contribution in [0.25, 0.3) is 11.3 Å². The maximum absolute atomic E-state index is 4.81. The van der Waals surface area contributed by atoms with Crippen LogP contribution in [0.5, 0.6) is 0 Å². The summed E-state index contributed by atoms with van der Waals surface area (Å²) < 4.78 is 2.10. The summed E-state index contributed by atoms with van der Waals surface area (Å²) in [5.41, 5.74) is 7.83. The lowest BCUT2D eigenvalue weighted by atomic mass is 10.1. The number of aromatic nitrogens is 2. The number of amidine groups is 1. The zero-order valence-electron chi connectivity index (χ0n) is 17.0. The Morgan fingerprint density at radius 1 is 1.32 bits per heavy atom. The summed E-state index contributed by atoms with van der Waals surface area (Å²) in [4.78, 5) is 13.8. The van der Waals surface area contributed by atoms with E-state index in [1.807, 2.05) is 44.6 Å². The Hall–Kier alpha value is -2.95. The fraction of sp³-hybridized carbons (Fsp3) is 0.348. The van der Waals surface area contributed by atoms with Crippen molar-refractivity contribution in [3.8, 4) is 0 Å². The molecule has 2 aliphatic carbocycles. The lowest BCUT2D eigenvalue weighted by Crippen LogP contribution is -2.12. The first-order chi connectivity index (χ1) is 13.6. The summed E-state index contributed by atoms with van der Waals surface area (Å²) in [7, 11) is 1.83. The number of imidazole rings is 1. The highest BCUT2D eigenvalue weighted by Crippen LogP contribution is 2.32. The number of nitrogens with one attached hydrogen (secondary N) is 1. The molecule has 4 rings (SSSR count). The maximum Gasteiger partial charge on any atom is 0.150 e. The summed E-state index contributed by atoms with van der Waals surface area (Å²) in [6.45, 7) is 6.33. The number of rotatable bonds is 5. The van der Waals surface area contributed by atoms with Gasteiger partial charge in [0.25, 0.3) is 0 Å². The maximum atomic E-state index is 4.81. The first kappa shape index (κ1) is 18.4. The Kier molecular flexibility index (Phi) is 4.99. The molecule has 0 aromatic carbocycles. The van der Waals surface area contributed by atoms with Crippen molar-refractivity contribution in [3.63, 3.8) is 0 Å². The minimum atomic E-state index is 0.662. The van der Waals surface area contributed by atoms with Gasteiger partial charge in [0.1, 0.15) is 11.5 Å². The number of pyridine rings is 1. The van der Waals surface area contributed by atoms with Crippen molar-refractivity contribution < 1.29 is 0 Å². The van der Waals surface area contributed by atoms with Crippen LogP contribution in [0.15, 0.2) is 69.6 Å². The Labute approximate surface area is 166 Å². The van der Waals surface area contributed by atoms with Crippen LogP contribution in [0.4, 0.5) is 0 Å². The molecule has 0 saturated heterocycles. The summed E-state index contributed by atoms with van der Waals surface area (Å²) >= 11 is 0. The first-order valence-corrected chi connectivity index (χ1v) is 9.89. The number of allylic oxidation sites excluding steroid dienone is 3. The van der Waals surface area contributed by atoms with E-state index in [0.717, 1.165) is 35.0 Å². The molecule has 5 heteroatoms. The molecule has 2 aromatic heterocycles. The van der Waals surface area contributed by atoms with Crippen LogP contribution in [-0.4, -0.2) is 28.0 Å². The molecule has 0 radical (unpaired) electrons. The van der Waals surface area contributed by atoms with Crippen LogP contribution in [0.1, 0.15) is 45.7 Å². The van der Waals surface area contributed by atoms with Gasteiger partial charge in [0.05, 0.1) is 17.6 Å². The molecule has 0 spiro atoms. The van der Waals surface area contributed by atoms with Gasteiger partial charge in [-0.2, -0.15) is 0 Å². The third-order valence-corrected chi connectivity index (χ3v) is 5.43. The van der Waals surface area contributed by atoms with Crippen LogP contribution in [0.3, 0.4) is 0 Å². The summed E-state index contributed by atoms with van der Waals surface area (Å²) in [5.74, 6) is 1.52. The van der Waals surface area contributed by atoms with E-state index in [2.05, 4.69) is 45.7 Å². The van der Waals surface area contributed by atoms with Gasteiger partial charge < -0.3 is 5.32 Å². The Morgan fingerprint density at radius 2 is 2.14 bits per heavy atom. The van der Waals surface area contributed by atoms with E-state index in [-0.39, 0.29) is 0 Å². The van der Waals surface area contributed by atoms with Crippen molar-refractivity contribution in [2.45, 2.75) is 40.0 Å². The Morgan fingerprint density at radius 3 is 2.86 bits per heavy atom. The zero-order valence-corrected chi connectivity index (χ0v) is 17.0. The molecule has 0 unspecified atom stereocenters. The number of hydrogen-bond acceptors (Lipinski definition) is 3. The van der Waals surface area contributed by atoms with E-state index in [0.29, 0.717) is 5.92 Å². The summed E-state index contributed by atoms with van der Waals surface area (Å²) in [6, 6.07) is 6.04. The van der Waals surface area contributed by atoms with Crippen molar-refractivity contribution >= 4 is 22.9 Å². The van der Waals surface area contributed by atoms with Gasteiger partial charge >= 0.3 is 0 Å². The van der Waals surface area contributed by atoms with E-state index < -0.39 is 0 Å². The van der Waals surface area contributed by atoms with E-state index in [9.17, 15) is 0 Å². The number of fused-ring (bicyclic) bond motifs is 1. The molecule has 0 atom stereocenters. The third-order valence-electron chi connectivity index (χ3n) is 5.43. The van der Waals surface area contributed by atoms with Crippen molar-refractivity contribution in [2.24, 2.45) is 15.9 Å². The average Bonchev–Trinajstić information content (AvgIpc) is 3.38. The quantitative estimate of drug-likeness (QED) is 0.605. The second kappa shape index (κ2) is 7.58. The van der Waals surface area contributed by atoms with Crippen LogP contribution in [-0.2, 0) is 0 Å². The third kappa shape index (κ3) is 3.57. The molecule has 1 fully saturated rings. The highest BCUT2D eigenvalue weighted by molar-refractivity contribution is 6.08. The number of hydrogen-bond donors (Lipinski definition) is 1. The van der Waals surface area contributed by atoms with Gasteiger partial charge in [-0.25, -0.2) is 9.98 Å². The van der Waals surface area contributed by atoms with Crippen LogP contribution in [0.2, 0.25) is 0 Å². The van der Waals surface area contributed by atoms with Crippen LogP contribution in [0, 0.1) is 5.92 Å². The van der Waals surface area contributed by atoms with E-state index in [1.165, 1.54) is 29.7 Å². The lowest BCUT2D eigenvalue weighted by Gasteiger charge is -2.11. The second-order valence-electron chi connectivity index (χ2n) is 7.51. The van der Waals surface area contributed by atoms with Gasteiger partial charge in [0.15, 0.2) is 0 Å². The molecule has 5 nitrogen and oxygen atoms in total. The van der Waals surface area contributed by atoms with Gasteiger partial charge in [-0.1, -0.05) is 12.1 Å². The molecule has 1 N–H and O–H groups in total. The molecular weight excluding hydrogens is 346 g/mol. The van der Waals surface area contributed by atoms with Crippen LogP contribution < -0.4 is 5.32 Å². The van der Waals surface area contributed by atoms with Crippen molar-refractivity contribution in [1.29, 1.82) is 0 Å². The molecule has 144 valence electrons. The smallest absolute Gasteiger partial charge is 0.150 e. The van der Waals surface area contributed by atoms with Gasteiger partial charge in [-0.05, 0) is 69.7 Å². The molecule has 0 bridgehead atoms. The normalized spacial score (nSPS) is 18.9. The largest absolute Gasteiger partial charge is 0.354 e. The molecule has 2 aliphatic rings. The molecule has 0 aliphatic heterocycles. The average molecular weight is 374 g/mol. The van der Waals surface area contributed by atoms with Gasteiger partial charge in [0.2, 0.25) is 0 Å². The zero-order chi connectivity index (χ0) is 19.7. The molecule has 2 aromatic rings. The first-order valence-electron chi connectivity index (χ1n) is 9.89. The Balaban J connectivity index is 1.58. The topological polar surface area (TPSA) is 54.0 Å². The lowest BCUT2D eigenvalue weighted by molar-refractivity contribution is 1.04. The standard InChI is InChI=1S/C23H27N5/c1-5-19(21-14-25-22-8-6-7-11-28(21)22)27-20-13-18(12-15(20)2)23(24-4)26-16(3)17-9-10-17/h5-8,11,13-14,17,27H,9-10,12H2,1-4H3/b19-5+,24-23?,26-16?. The number of aliphatic imine (C=N–C) groups is 2. The highest BCUT2D eigenvalue weighted by atomic mass is 15.0. The van der Waals surface area contributed by atoms with Crippen molar-refractivity contribution in [1.82, 2.24) is 14.7 Å². The molecule has 0 amide bonds. The monoisotopic (exact) mass is 373 g/mol. The minimum absolute atomic E-state index is 0.662. The SMILES string of the molecule is C/C=C(/NC1=C(C)CC(C(=NC)N=C(C)C2CC2)=C1)c1cnc2ccccn12. The molecule has 1 saturated carbocycles. The molecular formula is C23H27N5. The molecule has 2 heterocycles. The van der Waals surface area contributed by atoms with Crippen LogP contribution >= 0.6 is 0 Å². The fourth-order valence-corrected chi connectivity index (χ4v) is 3.60. The van der Waals surface area contributed by atoms with Gasteiger partial charge in [-0.3, -0.25) is 9.39 Å². The van der Waals surface area contributed by atoms with Crippen molar-refractivity contribution in [2.75, 3.05) is 7.05 Å². The highest BCUT2D eigenvalue weighted by Gasteiger charge is 2.25. The Bertz CT molecular complexity index is 1060. The fourth-order valence-electron chi connectivity index (χ4n) is 3.60. The summed E-state index contributed by atoms with van der Waals surface area (Å²) in [6.07, 6.45) is 11.6. The van der Waals surface area contributed by atoms with E-state index in [4.69, 9.17) is 4.99 Å². The van der Waals surface area contributed by atoms with Gasteiger partial charge in [-0.15, -0.1) is 0 Å². The van der Waals surface area contributed by atoms with E-state index >= 15 is 0 Å². The minimum Gasteiger partial charge on any atom is -0.354 e. The predicted octanol–water partition coefficient (Wildman–Crippen LogP) is 4.79. The van der Waals surface area contributed by atoms with E-state index in [1.54, 1.807) is 0 Å².